The van der Waals surface area contributed by atoms with Crippen LogP contribution in [-0.2, 0) is 11.2 Å². The number of fused-ring (bicyclic) bond motifs is 3. The number of likely N-dealkylation sites (tertiary alicyclic amines) is 1. The van der Waals surface area contributed by atoms with E-state index in [4.69, 9.17) is 10.3 Å². The second-order valence-electron chi connectivity index (χ2n) is 14.3. The first-order valence-electron chi connectivity index (χ1n) is 18.4. The zero-order valence-electron chi connectivity index (χ0n) is 29.9. The number of hydrogen-bond donors (Lipinski definition) is 4. The monoisotopic (exact) mass is 735 g/mol. The van der Waals surface area contributed by atoms with Crippen LogP contribution in [0.1, 0.15) is 77.8 Å². The number of anilines is 1. The zero-order chi connectivity index (χ0) is 37.9. The lowest BCUT2D eigenvalue weighted by atomic mass is 9.86. The Hall–Kier alpha value is -5.46. The Morgan fingerprint density at radius 3 is 2.50 bits per heavy atom. The van der Waals surface area contributed by atoms with Crippen molar-refractivity contribution in [3.05, 3.63) is 125 Å². The summed E-state index contributed by atoms with van der Waals surface area (Å²) in [6, 6.07) is 22.5. The first-order valence-corrected chi connectivity index (χ1v) is 18.4. The van der Waals surface area contributed by atoms with Crippen LogP contribution < -0.4 is 11.1 Å². The quantitative estimate of drug-likeness (QED) is 0.129. The van der Waals surface area contributed by atoms with Gasteiger partial charge in [-0.15, -0.1) is 0 Å². The maximum Gasteiger partial charge on any atom is 0.309 e. The summed E-state index contributed by atoms with van der Waals surface area (Å²) in [7, 11) is 0. The molecule has 3 heterocycles. The molecule has 280 valence electrons. The van der Waals surface area contributed by atoms with E-state index in [0.29, 0.717) is 25.5 Å². The number of nitrogens with two attached hydrogens (primary N) is 1. The van der Waals surface area contributed by atoms with Crippen molar-refractivity contribution in [1.29, 1.82) is 0 Å². The van der Waals surface area contributed by atoms with Crippen LogP contribution in [0.3, 0.4) is 0 Å². The molecule has 5 atom stereocenters. The van der Waals surface area contributed by atoms with Gasteiger partial charge in [0.05, 0.1) is 17.6 Å². The number of halogens is 2. The zero-order valence-corrected chi connectivity index (χ0v) is 29.9. The smallest absolute Gasteiger partial charge is 0.309 e. The van der Waals surface area contributed by atoms with Crippen molar-refractivity contribution in [3.8, 4) is 22.5 Å². The standard InChI is InChI=1S/C22H25F2N3O5.C20H18N2/c23-12-5-6-13(15(24)9-12)20-10-17(26-32-20)21(29)25-16-7-8-27(11-14(16)22(30)31)18-3-1-2-4-19(18)28;1-13(19-8-4-5-11-22-19)15-9-10-17-16-7-3-2-6-14(16)12-18(17)20(15)21/h5-6,9-10,14,16,18-19,28H,1-4,7-8,11H2,(H,25,29)(H,30,31);2-11,13H,12,21H2,1H3/t14-,16-,18+,19-;13-/m11/s1. The molecule has 2 fully saturated rings. The number of aliphatic carboxylic acids is 1. The molecule has 5 aromatic rings. The van der Waals surface area contributed by atoms with Gasteiger partial charge in [0.15, 0.2) is 11.5 Å². The van der Waals surface area contributed by atoms with Gasteiger partial charge in [0.1, 0.15) is 11.6 Å². The van der Waals surface area contributed by atoms with E-state index in [1.165, 1.54) is 39.9 Å². The van der Waals surface area contributed by atoms with Crippen LogP contribution in [0.2, 0.25) is 0 Å². The molecule has 2 aliphatic carbocycles. The molecular weight excluding hydrogens is 692 g/mol. The second kappa shape index (κ2) is 15.9. The number of aliphatic hydroxyl groups is 1. The minimum atomic E-state index is -1.03. The molecule has 1 saturated carbocycles. The first-order chi connectivity index (χ1) is 26.1. The van der Waals surface area contributed by atoms with Gasteiger partial charge in [-0.2, -0.15) is 0 Å². The van der Waals surface area contributed by atoms with Crippen molar-refractivity contribution in [3.63, 3.8) is 0 Å². The number of aromatic nitrogens is 2. The number of carbonyl (C=O) groups is 2. The number of aliphatic hydroxyl groups excluding tert-OH is 1. The topological polar surface area (TPSA) is 155 Å². The van der Waals surface area contributed by atoms with E-state index in [2.05, 4.69) is 64.8 Å². The highest BCUT2D eigenvalue weighted by atomic mass is 19.1. The number of hydrogen-bond acceptors (Lipinski definition) is 8. The van der Waals surface area contributed by atoms with E-state index >= 15 is 0 Å². The third kappa shape index (κ3) is 7.62. The molecule has 2 aromatic heterocycles. The highest BCUT2D eigenvalue weighted by Crippen LogP contribution is 2.42. The number of rotatable bonds is 7. The van der Waals surface area contributed by atoms with Crippen LogP contribution in [0.5, 0.6) is 0 Å². The highest BCUT2D eigenvalue weighted by molar-refractivity contribution is 5.93. The minimum absolute atomic E-state index is 0.0384. The molecule has 12 heteroatoms. The third-order valence-corrected chi connectivity index (χ3v) is 11.0. The number of pyridine rings is 1. The SMILES string of the molecule is C[C@@H](c1ccccn1)c1ccc2c(c1N)Cc1ccccc1-2.O=C(N[C@@H]1CCN([C@H]2CCCC[C@H]2O)C[C@H]1C(=O)O)c1cc(-c2ccc(F)cc2F)on1. The van der Waals surface area contributed by atoms with Gasteiger partial charge in [-0.25, -0.2) is 8.78 Å². The Bertz CT molecular complexity index is 2140. The molecule has 0 radical (unpaired) electrons. The molecule has 1 amide bonds. The summed E-state index contributed by atoms with van der Waals surface area (Å²) in [5.41, 5.74) is 14.7. The molecule has 1 saturated heterocycles. The number of carboxylic acid groups (broad SMARTS) is 1. The fourth-order valence-corrected chi connectivity index (χ4v) is 8.08. The number of carboxylic acids is 1. The Morgan fingerprint density at radius 2 is 1.74 bits per heavy atom. The maximum absolute atomic E-state index is 14.0. The van der Waals surface area contributed by atoms with Crippen LogP contribution in [0.25, 0.3) is 22.5 Å². The number of piperidine rings is 1. The van der Waals surface area contributed by atoms with Crippen LogP contribution in [-0.4, -0.2) is 68.4 Å². The van der Waals surface area contributed by atoms with E-state index in [9.17, 15) is 28.6 Å². The average Bonchev–Trinajstić information content (AvgIpc) is 3.82. The molecule has 10 nitrogen and oxygen atoms in total. The summed E-state index contributed by atoms with van der Waals surface area (Å²) in [5, 5.41) is 26.4. The van der Waals surface area contributed by atoms with Gasteiger partial charge in [-0.1, -0.05) is 67.4 Å². The van der Waals surface area contributed by atoms with E-state index in [1.807, 2.05) is 23.2 Å². The molecule has 5 N–H and O–H groups in total. The minimum Gasteiger partial charge on any atom is -0.481 e. The fraction of sp³-hybridized carbons (Fsp3) is 0.333. The van der Waals surface area contributed by atoms with E-state index in [1.54, 1.807) is 0 Å². The number of nitrogen functional groups attached to an aromatic ring is 1. The number of nitrogens with one attached hydrogen (secondary N) is 1. The Kier molecular flexibility index (Phi) is 10.8. The highest BCUT2D eigenvalue weighted by Gasteiger charge is 2.40. The summed E-state index contributed by atoms with van der Waals surface area (Å²) < 4.78 is 32.1. The van der Waals surface area contributed by atoms with Crippen LogP contribution in [0, 0.1) is 17.6 Å². The second-order valence-corrected chi connectivity index (χ2v) is 14.3. The van der Waals surface area contributed by atoms with Crippen molar-refractivity contribution < 1.29 is 33.1 Å². The summed E-state index contributed by atoms with van der Waals surface area (Å²) in [4.78, 5) is 31.1. The predicted molar refractivity (Wildman–Crippen MR) is 200 cm³/mol. The maximum atomic E-state index is 14.0. The largest absolute Gasteiger partial charge is 0.481 e. The number of amides is 1. The molecule has 0 bridgehead atoms. The van der Waals surface area contributed by atoms with Gasteiger partial charge in [0.2, 0.25) is 0 Å². The van der Waals surface area contributed by atoms with Crippen molar-refractivity contribution in [1.82, 2.24) is 20.4 Å². The van der Waals surface area contributed by atoms with E-state index in [-0.39, 0.29) is 35.5 Å². The van der Waals surface area contributed by atoms with Gasteiger partial charge >= 0.3 is 5.97 Å². The van der Waals surface area contributed by atoms with E-state index in [0.717, 1.165) is 43.1 Å². The Morgan fingerprint density at radius 1 is 0.963 bits per heavy atom. The van der Waals surface area contributed by atoms with Gasteiger partial charge in [0, 0.05) is 67.2 Å². The van der Waals surface area contributed by atoms with Crippen molar-refractivity contribution in [2.45, 2.75) is 69.6 Å². The summed E-state index contributed by atoms with van der Waals surface area (Å²) in [6.07, 6.45) is 6.21. The fourth-order valence-electron chi connectivity index (χ4n) is 8.08. The van der Waals surface area contributed by atoms with Crippen molar-refractivity contribution >= 4 is 17.6 Å². The molecule has 0 unspecified atom stereocenters. The molecule has 3 aromatic carbocycles. The molecular formula is C42H43F2N5O5. The lowest BCUT2D eigenvalue weighted by Gasteiger charge is -2.43. The van der Waals surface area contributed by atoms with Crippen LogP contribution >= 0.6 is 0 Å². The van der Waals surface area contributed by atoms with E-state index < -0.39 is 41.6 Å². The Balaban J connectivity index is 0.000000178. The van der Waals surface area contributed by atoms with Gasteiger partial charge in [0.25, 0.3) is 5.91 Å². The van der Waals surface area contributed by atoms with Crippen LogP contribution in [0.15, 0.2) is 89.6 Å². The summed E-state index contributed by atoms with van der Waals surface area (Å²) >= 11 is 0. The number of nitrogens with zero attached hydrogens (tertiary/aromatic N) is 3. The number of benzene rings is 3. The van der Waals surface area contributed by atoms with Gasteiger partial charge in [-0.05, 0) is 71.3 Å². The first kappa shape index (κ1) is 36.9. The number of carbonyl (C=O) groups excluding carboxylic acids is 1. The van der Waals surface area contributed by atoms with Crippen LogP contribution in [0.4, 0.5) is 14.5 Å². The van der Waals surface area contributed by atoms with Crippen molar-refractivity contribution in [2.75, 3.05) is 18.8 Å². The predicted octanol–water partition coefficient (Wildman–Crippen LogP) is 6.82. The third-order valence-electron chi connectivity index (χ3n) is 11.0. The summed E-state index contributed by atoms with van der Waals surface area (Å²) in [6.45, 7) is 2.96. The molecule has 8 rings (SSSR count). The lowest BCUT2D eigenvalue weighted by molar-refractivity contribution is -0.145. The molecule has 0 spiro atoms. The van der Waals surface area contributed by atoms with Gasteiger partial charge < -0.3 is 25.8 Å². The summed E-state index contributed by atoms with van der Waals surface area (Å²) in [5.74, 6) is -3.93. The lowest BCUT2D eigenvalue weighted by Crippen LogP contribution is -2.58. The van der Waals surface area contributed by atoms with Gasteiger partial charge in [-0.3, -0.25) is 19.5 Å². The molecule has 1 aliphatic heterocycles. The van der Waals surface area contributed by atoms with Crippen molar-refractivity contribution in [2.24, 2.45) is 5.92 Å². The molecule has 3 aliphatic rings. The Labute approximate surface area is 312 Å². The molecule has 54 heavy (non-hydrogen) atoms. The average molecular weight is 736 g/mol. The normalized spacial score (nSPS) is 21.3.